The summed E-state index contributed by atoms with van der Waals surface area (Å²) in [5.41, 5.74) is 0.701. The molecule has 0 saturated heterocycles. The summed E-state index contributed by atoms with van der Waals surface area (Å²) >= 11 is 3.41. The fraction of sp³-hybridized carbons (Fsp3) is 0.615. The van der Waals surface area contributed by atoms with E-state index >= 15 is 0 Å². The molecule has 1 aromatic rings. The van der Waals surface area contributed by atoms with Gasteiger partial charge in [0.15, 0.2) is 0 Å². The highest BCUT2D eigenvalue weighted by Crippen LogP contribution is 2.19. The Labute approximate surface area is 117 Å². The highest BCUT2D eigenvalue weighted by Gasteiger charge is 2.14. The fourth-order valence-corrected chi connectivity index (χ4v) is 2.15. The van der Waals surface area contributed by atoms with E-state index < -0.39 is 0 Å². The largest absolute Gasteiger partial charge is 0.349 e. The number of hydrogen-bond acceptors (Lipinski definition) is 2. The second-order valence-corrected chi connectivity index (χ2v) is 5.47. The van der Waals surface area contributed by atoms with Gasteiger partial charge in [0.05, 0.1) is 0 Å². The van der Waals surface area contributed by atoms with Crippen molar-refractivity contribution in [1.82, 2.24) is 15.2 Å². The van der Waals surface area contributed by atoms with Gasteiger partial charge in [-0.3, -0.25) is 4.79 Å². The third-order valence-electron chi connectivity index (χ3n) is 2.62. The number of carbonyl (C=O) groups excluding carboxylic acids is 1. The Morgan fingerprint density at radius 2 is 2.11 bits per heavy atom. The zero-order chi connectivity index (χ0) is 13.5. The van der Waals surface area contributed by atoms with Gasteiger partial charge in [0.25, 0.3) is 5.91 Å². The van der Waals surface area contributed by atoms with Crippen LogP contribution in [0.25, 0.3) is 0 Å². The fourth-order valence-electron chi connectivity index (χ4n) is 1.71. The molecule has 1 rings (SSSR count). The number of halogens is 1. The van der Waals surface area contributed by atoms with E-state index in [1.165, 1.54) is 0 Å². The van der Waals surface area contributed by atoms with Crippen LogP contribution in [0.4, 0.5) is 0 Å². The van der Waals surface area contributed by atoms with Crippen molar-refractivity contribution in [2.45, 2.75) is 33.2 Å². The molecule has 2 N–H and O–H groups in total. The summed E-state index contributed by atoms with van der Waals surface area (Å²) in [4.78, 5) is 12.0. The molecule has 0 aliphatic carbocycles. The van der Waals surface area contributed by atoms with E-state index in [0.29, 0.717) is 12.2 Å². The van der Waals surface area contributed by atoms with E-state index in [0.717, 1.165) is 24.0 Å². The number of rotatable bonds is 7. The van der Waals surface area contributed by atoms with Crippen LogP contribution in [-0.2, 0) is 0 Å². The van der Waals surface area contributed by atoms with Gasteiger partial charge in [-0.1, -0.05) is 6.92 Å². The molecule has 5 heteroatoms. The lowest BCUT2D eigenvalue weighted by atomic mass is 10.3. The maximum atomic E-state index is 12.0. The molecule has 4 nitrogen and oxygen atoms in total. The van der Waals surface area contributed by atoms with Gasteiger partial charge >= 0.3 is 0 Å². The molecule has 0 aromatic carbocycles. The minimum atomic E-state index is -0.0206. The first-order valence-corrected chi connectivity index (χ1v) is 7.21. The summed E-state index contributed by atoms with van der Waals surface area (Å²) in [6, 6.07) is 2.13. The van der Waals surface area contributed by atoms with Crippen molar-refractivity contribution in [1.29, 1.82) is 0 Å². The van der Waals surface area contributed by atoms with Crippen molar-refractivity contribution in [3.63, 3.8) is 0 Å². The number of aromatic nitrogens is 1. The summed E-state index contributed by atoms with van der Waals surface area (Å²) in [7, 11) is 0. The lowest BCUT2D eigenvalue weighted by Gasteiger charge is -2.12. The lowest BCUT2D eigenvalue weighted by molar-refractivity contribution is 0.0943. The molecule has 0 atom stereocenters. The molecule has 1 amide bonds. The van der Waals surface area contributed by atoms with Crippen molar-refractivity contribution in [3.8, 4) is 0 Å². The van der Waals surface area contributed by atoms with Crippen LogP contribution < -0.4 is 10.6 Å². The van der Waals surface area contributed by atoms with Gasteiger partial charge in [0, 0.05) is 29.8 Å². The Morgan fingerprint density at radius 1 is 1.39 bits per heavy atom. The predicted octanol–water partition coefficient (Wildman–Crippen LogP) is 2.56. The average molecular weight is 316 g/mol. The van der Waals surface area contributed by atoms with Crippen LogP contribution in [0.1, 0.15) is 43.7 Å². The van der Waals surface area contributed by atoms with E-state index in [2.05, 4.69) is 47.3 Å². The van der Waals surface area contributed by atoms with Crippen LogP contribution in [0.15, 0.2) is 16.7 Å². The molecule has 1 aromatic heterocycles. The third-order valence-corrected chi connectivity index (χ3v) is 3.05. The minimum Gasteiger partial charge on any atom is -0.349 e. The maximum Gasteiger partial charge on any atom is 0.268 e. The molecule has 0 fully saturated rings. The van der Waals surface area contributed by atoms with Gasteiger partial charge in [-0.2, -0.15) is 0 Å². The third kappa shape index (κ3) is 4.46. The normalized spacial score (nSPS) is 10.9. The van der Waals surface area contributed by atoms with E-state index in [9.17, 15) is 4.79 Å². The molecule has 0 bridgehead atoms. The van der Waals surface area contributed by atoms with Crippen molar-refractivity contribution >= 4 is 21.8 Å². The highest BCUT2D eigenvalue weighted by molar-refractivity contribution is 9.10. The standard InChI is InChI=1S/C13H22BrN3O/c1-4-5-15-6-7-16-13(18)12-8-11(14)9-17(12)10(2)3/h8-10,15H,4-7H2,1-3H3,(H,16,18). The van der Waals surface area contributed by atoms with Gasteiger partial charge in [-0.15, -0.1) is 0 Å². The Bertz CT molecular complexity index is 388. The number of carbonyl (C=O) groups is 1. The molecule has 0 saturated carbocycles. The van der Waals surface area contributed by atoms with Crippen molar-refractivity contribution in [2.75, 3.05) is 19.6 Å². The molecule has 18 heavy (non-hydrogen) atoms. The summed E-state index contributed by atoms with van der Waals surface area (Å²) in [6.45, 7) is 8.70. The zero-order valence-electron chi connectivity index (χ0n) is 11.3. The van der Waals surface area contributed by atoms with Crippen molar-refractivity contribution in [3.05, 3.63) is 22.4 Å². The molecule has 1 heterocycles. The zero-order valence-corrected chi connectivity index (χ0v) is 12.9. The molecule has 0 spiro atoms. The van der Waals surface area contributed by atoms with Gasteiger partial charge in [-0.25, -0.2) is 0 Å². The van der Waals surface area contributed by atoms with E-state index in [4.69, 9.17) is 0 Å². The van der Waals surface area contributed by atoms with Gasteiger partial charge in [-0.05, 0) is 48.8 Å². The SMILES string of the molecule is CCCNCCNC(=O)c1cc(Br)cn1C(C)C. The number of amides is 1. The second-order valence-electron chi connectivity index (χ2n) is 4.55. The first kappa shape index (κ1) is 15.2. The second kappa shape index (κ2) is 7.59. The monoisotopic (exact) mass is 315 g/mol. The van der Waals surface area contributed by atoms with E-state index in [1.807, 2.05) is 16.8 Å². The topological polar surface area (TPSA) is 46.1 Å². The molecule has 102 valence electrons. The minimum absolute atomic E-state index is 0.0206. The highest BCUT2D eigenvalue weighted by atomic mass is 79.9. The molecule has 0 aliphatic heterocycles. The van der Waals surface area contributed by atoms with Crippen LogP contribution in [0, 0.1) is 0 Å². The molecular formula is C13H22BrN3O. The number of nitrogens with one attached hydrogen (secondary N) is 2. The summed E-state index contributed by atoms with van der Waals surface area (Å²) in [5.74, 6) is -0.0206. The van der Waals surface area contributed by atoms with E-state index in [1.54, 1.807) is 0 Å². The van der Waals surface area contributed by atoms with Crippen molar-refractivity contribution < 1.29 is 4.79 Å². The summed E-state index contributed by atoms with van der Waals surface area (Å²) < 4.78 is 2.91. The number of nitrogens with zero attached hydrogens (tertiary/aromatic N) is 1. The van der Waals surface area contributed by atoms with Crippen LogP contribution in [0.3, 0.4) is 0 Å². The van der Waals surface area contributed by atoms with E-state index in [-0.39, 0.29) is 11.9 Å². The average Bonchev–Trinajstić information content (AvgIpc) is 2.71. The smallest absolute Gasteiger partial charge is 0.268 e. The Balaban J connectivity index is 2.51. The lowest BCUT2D eigenvalue weighted by Crippen LogP contribution is -2.33. The van der Waals surface area contributed by atoms with Crippen molar-refractivity contribution in [2.24, 2.45) is 0 Å². The Hall–Kier alpha value is -0.810. The van der Waals surface area contributed by atoms with Crippen LogP contribution in [-0.4, -0.2) is 30.1 Å². The molecular weight excluding hydrogens is 294 g/mol. The maximum absolute atomic E-state index is 12.0. The summed E-state index contributed by atoms with van der Waals surface area (Å²) in [5, 5.41) is 6.18. The molecule has 0 aliphatic rings. The summed E-state index contributed by atoms with van der Waals surface area (Å²) in [6.07, 6.45) is 3.05. The Kier molecular flexibility index (Phi) is 6.43. The quantitative estimate of drug-likeness (QED) is 0.760. The molecule has 0 unspecified atom stereocenters. The predicted molar refractivity (Wildman–Crippen MR) is 78.0 cm³/mol. The van der Waals surface area contributed by atoms with Crippen LogP contribution in [0.5, 0.6) is 0 Å². The van der Waals surface area contributed by atoms with Gasteiger partial charge in [0.2, 0.25) is 0 Å². The Morgan fingerprint density at radius 3 is 2.72 bits per heavy atom. The van der Waals surface area contributed by atoms with Gasteiger partial charge < -0.3 is 15.2 Å². The number of hydrogen-bond donors (Lipinski definition) is 2. The first-order valence-electron chi connectivity index (χ1n) is 6.42. The van der Waals surface area contributed by atoms with Gasteiger partial charge in [0.1, 0.15) is 5.69 Å². The van der Waals surface area contributed by atoms with Crippen LogP contribution >= 0.6 is 15.9 Å². The van der Waals surface area contributed by atoms with Crippen LogP contribution in [0.2, 0.25) is 0 Å². The molecule has 0 radical (unpaired) electrons. The first-order chi connectivity index (χ1) is 8.56.